The van der Waals surface area contributed by atoms with Crippen LogP contribution in [-0.2, 0) is 19.5 Å². The summed E-state index contributed by atoms with van der Waals surface area (Å²) in [5.41, 5.74) is 3.21. The quantitative estimate of drug-likeness (QED) is 0.592. The lowest BCUT2D eigenvalue weighted by Gasteiger charge is -2.29. The predicted octanol–water partition coefficient (Wildman–Crippen LogP) is 5.04. The zero-order chi connectivity index (χ0) is 21.7. The van der Waals surface area contributed by atoms with E-state index in [9.17, 15) is 8.42 Å². The van der Waals surface area contributed by atoms with Crippen molar-refractivity contribution in [2.45, 2.75) is 57.0 Å². The molecule has 0 amide bonds. The molecule has 1 unspecified atom stereocenters. The number of methoxy groups -OCH3 is 1. The molecule has 1 aliphatic carbocycles. The lowest BCUT2D eigenvalue weighted by molar-refractivity contribution is -0.00318. The summed E-state index contributed by atoms with van der Waals surface area (Å²) in [4.78, 5) is 4.52. The monoisotopic (exact) mass is 464 g/mol. The van der Waals surface area contributed by atoms with Crippen LogP contribution in [0.2, 0.25) is 0 Å². The van der Waals surface area contributed by atoms with E-state index in [1.165, 1.54) is 49.0 Å². The Labute approximate surface area is 189 Å². The number of ether oxygens (including phenoxy) is 2. The maximum absolute atomic E-state index is 12.7. The molecule has 2 aromatic rings. The second-order valence-corrected chi connectivity index (χ2v) is 11.2. The number of thiazole rings is 1. The van der Waals surface area contributed by atoms with Crippen LogP contribution in [0.5, 0.6) is 0 Å². The first-order valence-electron chi connectivity index (χ1n) is 11.2. The molecule has 31 heavy (non-hydrogen) atoms. The van der Waals surface area contributed by atoms with Gasteiger partial charge in [0.2, 0.25) is 10.0 Å². The van der Waals surface area contributed by atoms with Crippen molar-refractivity contribution < 1.29 is 17.9 Å². The second kappa shape index (κ2) is 10.4. The Morgan fingerprint density at radius 3 is 2.52 bits per heavy atom. The van der Waals surface area contributed by atoms with Crippen LogP contribution in [0.3, 0.4) is 0 Å². The predicted molar refractivity (Wildman–Crippen MR) is 125 cm³/mol. The van der Waals surface area contributed by atoms with E-state index in [4.69, 9.17) is 9.47 Å². The van der Waals surface area contributed by atoms with Crippen LogP contribution in [0.25, 0.3) is 11.3 Å². The fourth-order valence-electron chi connectivity index (χ4n) is 4.69. The van der Waals surface area contributed by atoms with Crippen molar-refractivity contribution >= 4 is 26.5 Å². The van der Waals surface area contributed by atoms with Gasteiger partial charge in [0.05, 0.1) is 17.6 Å². The molecule has 8 heteroatoms. The van der Waals surface area contributed by atoms with Crippen molar-refractivity contribution in [3.8, 4) is 11.3 Å². The van der Waals surface area contributed by atoms with Crippen LogP contribution in [0, 0.1) is 5.92 Å². The van der Waals surface area contributed by atoms with Gasteiger partial charge in [-0.25, -0.2) is 13.4 Å². The van der Waals surface area contributed by atoms with Crippen molar-refractivity contribution in [1.29, 1.82) is 0 Å². The van der Waals surface area contributed by atoms with Crippen molar-refractivity contribution in [3.63, 3.8) is 0 Å². The van der Waals surface area contributed by atoms with Gasteiger partial charge in [-0.15, -0.1) is 11.3 Å². The molecule has 2 aliphatic rings. The summed E-state index contributed by atoms with van der Waals surface area (Å²) >= 11 is 1.31. The Morgan fingerprint density at radius 1 is 1.13 bits per heavy atom. The van der Waals surface area contributed by atoms with Crippen LogP contribution < -0.4 is 4.72 Å². The van der Waals surface area contributed by atoms with Gasteiger partial charge in [0.1, 0.15) is 0 Å². The summed E-state index contributed by atoms with van der Waals surface area (Å²) in [5.74, 6) is 0.800. The van der Waals surface area contributed by atoms with E-state index in [1.54, 1.807) is 7.11 Å². The van der Waals surface area contributed by atoms with Crippen LogP contribution >= 0.6 is 11.3 Å². The summed E-state index contributed by atoms with van der Waals surface area (Å²) in [6.07, 6.45) is 7.86. The number of sulfonamides is 1. The topological polar surface area (TPSA) is 77.5 Å². The number of anilines is 1. The van der Waals surface area contributed by atoms with E-state index in [0.717, 1.165) is 24.1 Å². The molecule has 4 rings (SSSR count). The Kier molecular flexibility index (Phi) is 7.63. The number of rotatable bonds is 8. The minimum atomic E-state index is -3.55. The average Bonchev–Trinajstić information content (AvgIpc) is 3.26. The van der Waals surface area contributed by atoms with Crippen LogP contribution in [0.15, 0.2) is 29.6 Å². The maximum atomic E-state index is 12.7. The smallest absolute Gasteiger partial charge is 0.237 e. The maximum Gasteiger partial charge on any atom is 0.237 e. The molecule has 170 valence electrons. The highest BCUT2D eigenvalue weighted by Crippen LogP contribution is 2.34. The molecule has 0 radical (unpaired) electrons. The van der Waals surface area contributed by atoms with E-state index in [1.807, 2.05) is 5.38 Å². The van der Waals surface area contributed by atoms with Crippen molar-refractivity contribution in [1.82, 2.24) is 4.98 Å². The van der Waals surface area contributed by atoms with Crippen molar-refractivity contribution in [3.05, 3.63) is 35.2 Å². The zero-order valence-electron chi connectivity index (χ0n) is 18.1. The lowest BCUT2D eigenvalue weighted by atomic mass is 9.84. The molecule has 0 spiro atoms. The third-order valence-corrected chi connectivity index (χ3v) is 8.67. The fourth-order valence-corrected chi connectivity index (χ4v) is 7.06. The molecule has 2 heterocycles. The van der Waals surface area contributed by atoms with Gasteiger partial charge >= 0.3 is 0 Å². The van der Waals surface area contributed by atoms with E-state index < -0.39 is 10.0 Å². The molecule has 0 bridgehead atoms. The van der Waals surface area contributed by atoms with E-state index in [2.05, 4.69) is 34.0 Å². The minimum absolute atomic E-state index is 0.0703. The summed E-state index contributed by atoms with van der Waals surface area (Å²) in [6.45, 7) is 1.32. The Hall–Kier alpha value is -1.48. The third kappa shape index (κ3) is 6.06. The molecule has 1 aromatic heterocycles. The number of hydrogen-bond acceptors (Lipinski definition) is 6. The molecule has 1 saturated carbocycles. The standard InChI is InChI=1S/C23H32N2O4S2/c1-28-22(20-11-13-29-14-12-20)16-31(26,27)25-23-24-21(15-30-23)19-9-7-18(8-10-19)17-5-3-2-4-6-17/h7-10,15,17,20,22H,2-6,11-14,16H2,1H3,(H,24,25). The van der Waals surface area contributed by atoms with Crippen molar-refractivity contribution in [2.75, 3.05) is 30.8 Å². The lowest BCUT2D eigenvalue weighted by Crippen LogP contribution is -2.36. The van der Waals surface area contributed by atoms with Gasteiger partial charge in [-0.1, -0.05) is 43.5 Å². The fraction of sp³-hybridized carbons (Fsp3) is 0.609. The van der Waals surface area contributed by atoms with Crippen LogP contribution in [0.4, 0.5) is 5.13 Å². The Balaban J connectivity index is 1.38. The largest absolute Gasteiger partial charge is 0.381 e. The van der Waals surface area contributed by atoms with Gasteiger partial charge in [-0.3, -0.25) is 4.72 Å². The van der Waals surface area contributed by atoms with Gasteiger partial charge in [0.15, 0.2) is 5.13 Å². The zero-order valence-corrected chi connectivity index (χ0v) is 19.7. The van der Waals surface area contributed by atoms with Gasteiger partial charge < -0.3 is 9.47 Å². The second-order valence-electron chi connectivity index (χ2n) is 8.60. The highest BCUT2D eigenvalue weighted by molar-refractivity contribution is 7.92. The minimum Gasteiger partial charge on any atom is -0.381 e. The van der Waals surface area contributed by atoms with Crippen molar-refractivity contribution in [2.24, 2.45) is 5.92 Å². The molecule has 1 aromatic carbocycles. The molecular weight excluding hydrogens is 432 g/mol. The van der Waals surface area contributed by atoms with Gasteiger partial charge in [0.25, 0.3) is 0 Å². The van der Waals surface area contributed by atoms with Crippen LogP contribution in [0.1, 0.15) is 56.4 Å². The van der Waals surface area contributed by atoms with Gasteiger partial charge in [-0.05, 0) is 43.1 Å². The highest BCUT2D eigenvalue weighted by Gasteiger charge is 2.29. The van der Waals surface area contributed by atoms with E-state index >= 15 is 0 Å². The highest BCUT2D eigenvalue weighted by atomic mass is 32.2. The first-order chi connectivity index (χ1) is 15.0. The molecule has 1 N–H and O–H groups in total. The van der Waals surface area contributed by atoms with Gasteiger partial charge in [-0.2, -0.15) is 0 Å². The normalized spacial score (nSPS) is 19.9. The number of nitrogens with one attached hydrogen (secondary N) is 1. The number of nitrogens with zero attached hydrogens (tertiary/aromatic N) is 1. The molecule has 2 fully saturated rings. The summed E-state index contributed by atoms with van der Waals surface area (Å²) in [7, 11) is -1.98. The molecular formula is C23H32N2O4S2. The number of benzene rings is 1. The van der Waals surface area contributed by atoms with Crippen LogP contribution in [-0.4, -0.2) is 45.6 Å². The molecule has 1 saturated heterocycles. The summed E-state index contributed by atoms with van der Waals surface area (Å²) in [5, 5.41) is 2.30. The Bertz CT molecular complexity index is 931. The number of hydrogen-bond donors (Lipinski definition) is 1. The summed E-state index contributed by atoms with van der Waals surface area (Å²) < 4.78 is 39.0. The SMILES string of the molecule is COC(CS(=O)(=O)Nc1nc(-c2ccc(C3CCCCC3)cc2)cs1)C1CCOCC1. The average molecular weight is 465 g/mol. The summed E-state index contributed by atoms with van der Waals surface area (Å²) in [6, 6.07) is 8.60. The van der Waals surface area contributed by atoms with E-state index in [0.29, 0.717) is 24.3 Å². The first kappa shape index (κ1) is 22.7. The molecule has 6 nitrogen and oxygen atoms in total. The third-order valence-electron chi connectivity index (χ3n) is 6.51. The van der Waals surface area contributed by atoms with Gasteiger partial charge in [0, 0.05) is 31.3 Å². The van der Waals surface area contributed by atoms with E-state index in [-0.39, 0.29) is 17.8 Å². The molecule has 1 atom stereocenters. The first-order valence-corrected chi connectivity index (χ1v) is 13.7. The number of aromatic nitrogens is 1. The molecule has 1 aliphatic heterocycles. The Morgan fingerprint density at radius 2 is 1.84 bits per heavy atom.